The van der Waals surface area contributed by atoms with Crippen molar-refractivity contribution in [2.75, 3.05) is 13.2 Å². The molecule has 1 aromatic carbocycles. The van der Waals surface area contributed by atoms with E-state index in [4.69, 9.17) is 4.74 Å². The number of carbonyl (C=O) groups is 1. The number of carbonyl (C=O) groups excluding carboxylic acids is 1. The van der Waals surface area contributed by atoms with Crippen molar-refractivity contribution < 1.29 is 9.53 Å². The SMILES string of the molecule is CCO[C@H](C(=O)N1CCc2c(cnn2-c2ccccc2)C1)C(C)C. The largest absolute Gasteiger partial charge is 0.368 e. The Kier molecular flexibility index (Phi) is 5.00. The summed E-state index contributed by atoms with van der Waals surface area (Å²) in [5, 5.41) is 4.53. The first-order valence-corrected chi connectivity index (χ1v) is 8.63. The molecule has 0 saturated heterocycles. The number of nitrogens with zero attached hydrogens (tertiary/aromatic N) is 3. The Morgan fingerprint density at radius 3 is 2.71 bits per heavy atom. The fourth-order valence-electron chi connectivity index (χ4n) is 3.22. The third-order valence-corrected chi connectivity index (χ3v) is 4.44. The van der Waals surface area contributed by atoms with Gasteiger partial charge in [0.05, 0.1) is 17.6 Å². The zero-order chi connectivity index (χ0) is 17.1. The maximum atomic E-state index is 12.8. The van der Waals surface area contributed by atoms with E-state index >= 15 is 0 Å². The predicted molar refractivity (Wildman–Crippen MR) is 92.9 cm³/mol. The summed E-state index contributed by atoms with van der Waals surface area (Å²) in [5.41, 5.74) is 3.38. The van der Waals surface area contributed by atoms with E-state index in [0.717, 1.165) is 17.7 Å². The molecule has 0 bridgehead atoms. The molecule has 128 valence electrons. The van der Waals surface area contributed by atoms with Crippen LogP contribution in [0.3, 0.4) is 0 Å². The third-order valence-electron chi connectivity index (χ3n) is 4.44. The van der Waals surface area contributed by atoms with Gasteiger partial charge < -0.3 is 9.64 Å². The van der Waals surface area contributed by atoms with Crippen LogP contribution >= 0.6 is 0 Å². The number of amides is 1. The summed E-state index contributed by atoms with van der Waals surface area (Å²) in [5.74, 6) is 0.260. The minimum Gasteiger partial charge on any atom is -0.368 e. The summed E-state index contributed by atoms with van der Waals surface area (Å²) in [7, 11) is 0. The van der Waals surface area contributed by atoms with Crippen LogP contribution in [0.2, 0.25) is 0 Å². The zero-order valence-corrected chi connectivity index (χ0v) is 14.6. The average molecular weight is 327 g/mol. The van der Waals surface area contributed by atoms with Gasteiger partial charge in [-0.2, -0.15) is 5.10 Å². The van der Waals surface area contributed by atoms with Crippen molar-refractivity contribution in [3.05, 3.63) is 47.8 Å². The number of fused-ring (bicyclic) bond motifs is 1. The maximum absolute atomic E-state index is 12.8. The van der Waals surface area contributed by atoms with Crippen LogP contribution in [-0.2, 0) is 22.5 Å². The van der Waals surface area contributed by atoms with Crippen LogP contribution in [0.15, 0.2) is 36.5 Å². The Balaban J connectivity index is 1.78. The van der Waals surface area contributed by atoms with Gasteiger partial charge in [0, 0.05) is 31.7 Å². The molecule has 0 radical (unpaired) electrons. The Hall–Kier alpha value is -2.14. The molecule has 0 aliphatic carbocycles. The summed E-state index contributed by atoms with van der Waals surface area (Å²) < 4.78 is 7.65. The van der Waals surface area contributed by atoms with Crippen LogP contribution in [-0.4, -0.2) is 39.8 Å². The molecular formula is C19H25N3O2. The van der Waals surface area contributed by atoms with Crippen molar-refractivity contribution in [3.8, 4) is 5.69 Å². The van der Waals surface area contributed by atoms with E-state index in [2.05, 4.69) is 17.2 Å². The highest BCUT2D eigenvalue weighted by Gasteiger charge is 2.31. The van der Waals surface area contributed by atoms with Gasteiger partial charge in [0.15, 0.2) is 0 Å². The van der Waals surface area contributed by atoms with Crippen LogP contribution in [0.1, 0.15) is 32.0 Å². The lowest BCUT2D eigenvalue weighted by Crippen LogP contribution is -2.45. The standard InChI is InChI=1S/C19H25N3O2/c1-4-24-18(14(2)3)19(23)21-11-10-17-15(13-21)12-20-22(17)16-8-6-5-7-9-16/h5-9,12,14,18H,4,10-11,13H2,1-3H3/t18-/m0/s1. The molecule has 5 nitrogen and oxygen atoms in total. The summed E-state index contributed by atoms with van der Waals surface area (Å²) in [6.45, 7) is 7.86. The quantitative estimate of drug-likeness (QED) is 0.848. The van der Waals surface area contributed by atoms with E-state index < -0.39 is 0 Å². The lowest BCUT2D eigenvalue weighted by Gasteiger charge is -2.32. The first kappa shape index (κ1) is 16.7. The van der Waals surface area contributed by atoms with E-state index in [1.807, 2.05) is 54.7 Å². The van der Waals surface area contributed by atoms with Crippen molar-refractivity contribution in [1.29, 1.82) is 0 Å². The van der Waals surface area contributed by atoms with Crippen molar-refractivity contribution >= 4 is 5.91 Å². The molecule has 0 spiro atoms. The van der Waals surface area contributed by atoms with Gasteiger partial charge in [-0.05, 0) is 25.0 Å². The van der Waals surface area contributed by atoms with Crippen molar-refractivity contribution in [1.82, 2.24) is 14.7 Å². The number of ether oxygens (including phenoxy) is 1. The van der Waals surface area contributed by atoms with Crippen molar-refractivity contribution in [3.63, 3.8) is 0 Å². The molecule has 1 aliphatic rings. The lowest BCUT2D eigenvalue weighted by atomic mass is 10.0. The summed E-state index contributed by atoms with van der Waals surface area (Å²) in [6.07, 6.45) is 2.33. The Bertz CT molecular complexity index is 694. The minimum absolute atomic E-state index is 0.0879. The highest BCUT2D eigenvalue weighted by atomic mass is 16.5. The van der Waals surface area contributed by atoms with Crippen molar-refractivity contribution in [2.45, 2.75) is 39.8 Å². The number of rotatable bonds is 5. The summed E-state index contributed by atoms with van der Waals surface area (Å²) in [4.78, 5) is 14.7. The number of hydrogen-bond donors (Lipinski definition) is 0. The maximum Gasteiger partial charge on any atom is 0.252 e. The Labute approximate surface area is 143 Å². The van der Waals surface area contributed by atoms with Gasteiger partial charge in [-0.3, -0.25) is 4.79 Å². The second-order valence-corrected chi connectivity index (χ2v) is 6.49. The fourth-order valence-corrected chi connectivity index (χ4v) is 3.22. The molecule has 3 rings (SSSR count). The van der Waals surface area contributed by atoms with E-state index in [9.17, 15) is 4.79 Å². The van der Waals surface area contributed by atoms with Gasteiger partial charge in [0.1, 0.15) is 6.10 Å². The van der Waals surface area contributed by atoms with E-state index in [1.54, 1.807) is 0 Å². The molecule has 1 aromatic heterocycles. The molecule has 5 heteroatoms. The van der Waals surface area contributed by atoms with Crippen LogP contribution < -0.4 is 0 Å². The number of para-hydroxylation sites is 1. The van der Waals surface area contributed by atoms with E-state index in [1.165, 1.54) is 5.69 Å². The zero-order valence-electron chi connectivity index (χ0n) is 14.6. The molecule has 24 heavy (non-hydrogen) atoms. The predicted octanol–water partition coefficient (Wildman–Crippen LogP) is 2.82. The minimum atomic E-state index is -0.360. The van der Waals surface area contributed by atoms with Crippen LogP contribution in [0.4, 0.5) is 0 Å². The number of benzene rings is 1. The van der Waals surface area contributed by atoms with Gasteiger partial charge in [-0.25, -0.2) is 4.68 Å². The molecule has 1 atom stereocenters. The molecule has 2 heterocycles. The smallest absolute Gasteiger partial charge is 0.252 e. The average Bonchev–Trinajstić information content (AvgIpc) is 3.02. The fraction of sp³-hybridized carbons (Fsp3) is 0.474. The van der Waals surface area contributed by atoms with Gasteiger partial charge >= 0.3 is 0 Å². The first-order valence-electron chi connectivity index (χ1n) is 8.63. The molecule has 0 fully saturated rings. The van der Waals surface area contributed by atoms with Gasteiger partial charge in [-0.1, -0.05) is 32.0 Å². The second-order valence-electron chi connectivity index (χ2n) is 6.49. The first-order chi connectivity index (χ1) is 11.6. The van der Waals surface area contributed by atoms with Gasteiger partial charge in [0.2, 0.25) is 0 Å². The van der Waals surface area contributed by atoms with Crippen LogP contribution in [0.5, 0.6) is 0 Å². The summed E-state index contributed by atoms with van der Waals surface area (Å²) in [6, 6.07) is 10.1. The van der Waals surface area contributed by atoms with Gasteiger partial charge in [-0.15, -0.1) is 0 Å². The highest BCUT2D eigenvalue weighted by Crippen LogP contribution is 2.23. The highest BCUT2D eigenvalue weighted by molar-refractivity contribution is 5.81. The number of hydrogen-bond acceptors (Lipinski definition) is 3. The normalized spacial score (nSPS) is 15.4. The molecule has 2 aromatic rings. The topological polar surface area (TPSA) is 47.4 Å². The molecule has 1 aliphatic heterocycles. The molecule has 1 amide bonds. The molecule has 0 saturated carbocycles. The van der Waals surface area contributed by atoms with E-state index in [0.29, 0.717) is 19.7 Å². The van der Waals surface area contributed by atoms with Crippen LogP contribution in [0, 0.1) is 5.92 Å². The Morgan fingerprint density at radius 2 is 2.04 bits per heavy atom. The van der Waals surface area contributed by atoms with Crippen LogP contribution in [0.25, 0.3) is 5.69 Å². The lowest BCUT2D eigenvalue weighted by molar-refractivity contribution is -0.147. The molecule has 0 unspecified atom stereocenters. The Morgan fingerprint density at radius 1 is 1.29 bits per heavy atom. The third kappa shape index (κ3) is 3.22. The van der Waals surface area contributed by atoms with Crippen molar-refractivity contribution in [2.24, 2.45) is 5.92 Å². The number of aromatic nitrogens is 2. The summed E-state index contributed by atoms with van der Waals surface area (Å²) >= 11 is 0. The second kappa shape index (κ2) is 7.18. The van der Waals surface area contributed by atoms with Gasteiger partial charge in [0.25, 0.3) is 5.91 Å². The molecule has 0 N–H and O–H groups in total. The van der Waals surface area contributed by atoms with E-state index in [-0.39, 0.29) is 17.9 Å². The monoisotopic (exact) mass is 327 g/mol. The molecular weight excluding hydrogens is 302 g/mol.